The van der Waals surface area contributed by atoms with Gasteiger partial charge in [-0.2, -0.15) is 0 Å². The van der Waals surface area contributed by atoms with E-state index < -0.39 is 9.76 Å². The van der Waals surface area contributed by atoms with Crippen molar-refractivity contribution < 1.29 is 8.84 Å². The highest BCUT2D eigenvalue weighted by atomic mass is 28.2. The Hall–Kier alpha value is -0.543. The first-order valence-electron chi connectivity index (χ1n) is 7.57. The van der Waals surface area contributed by atoms with E-state index in [0.717, 1.165) is 17.2 Å². The first-order chi connectivity index (χ1) is 8.93. The van der Waals surface area contributed by atoms with Crippen LogP contribution in [0, 0.1) is 11.8 Å². The molecule has 2 fully saturated rings. The smallest absolute Gasteiger partial charge is 0.234 e. The molecule has 3 rings (SSSR count). The minimum Gasteiger partial charge on any atom is -0.472 e. The second-order valence-electron chi connectivity index (χ2n) is 5.94. The van der Waals surface area contributed by atoms with Gasteiger partial charge in [0, 0.05) is 0 Å². The Morgan fingerprint density at radius 1 is 1.06 bits per heavy atom. The maximum absolute atomic E-state index is 6.40. The predicted molar refractivity (Wildman–Crippen MR) is 75.7 cm³/mol. The molecule has 0 bridgehead atoms. The third kappa shape index (κ3) is 2.89. The van der Waals surface area contributed by atoms with Gasteiger partial charge in [-0.25, -0.2) is 0 Å². The summed E-state index contributed by atoms with van der Waals surface area (Å²) >= 11 is 0. The van der Waals surface area contributed by atoms with Gasteiger partial charge in [-0.1, -0.05) is 25.7 Å². The van der Waals surface area contributed by atoms with E-state index in [4.69, 9.17) is 8.84 Å². The predicted octanol–water partition coefficient (Wildman–Crippen LogP) is 2.75. The zero-order valence-corrected chi connectivity index (χ0v) is 12.6. The first kappa shape index (κ1) is 12.5. The van der Waals surface area contributed by atoms with E-state index in [9.17, 15) is 0 Å². The summed E-state index contributed by atoms with van der Waals surface area (Å²) in [5.74, 6) is 1.69. The fourth-order valence-corrected chi connectivity index (χ4v) is 5.10. The standard InChI is InChI=1S/C15H24O2Si/c1-2-7-12(6-1)15(13-8-3-4-9-13)17-18-14-10-5-11-16-14/h5,10-13,15H,1-4,6-9,18H2. The van der Waals surface area contributed by atoms with E-state index >= 15 is 0 Å². The average molecular weight is 264 g/mol. The molecule has 0 saturated heterocycles. The van der Waals surface area contributed by atoms with Crippen LogP contribution in [0.4, 0.5) is 0 Å². The van der Waals surface area contributed by atoms with Crippen molar-refractivity contribution in [1.29, 1.82) is 0 Å². The van der Waals surface area contributed by atoms with Gasteiger partial charge in [0.2, 0.25) is 9.76 Å². The SMILES string of the molecule is c1coc([SiH2]OC(C2CCCC2)C2CCCC2)c1. The Kier molecular flexibility index (Phi) is 4.21. The summed E-state index contributed by atoms with van der Waals surface area (Å²) < 4.78 is 11.8. The van der Waals surface area contributed by atoms with E-state index in [1.807, 2.05) is 6.07 Å². The number of hydrogen-bond donors (Lipinski definition) is 0. The Morgan fingerprint density at radius 3 is 2.17 bits per heavy atom. The Morgan fingerprint density at radius 2 is 1.67 bits per heavy atom. The van der Waals surface area contributed by atoms with Crippen LogP contribution in [-0.4, -0.2) is 15.9 Å². The van der Waals surface area contributed by atoms with Gasteiger partial charge in [0.25, 0.3) is 0 Å². The molecule has 1 aromatic heterocycles. The van der Waals surface area contributed by atoms with Crippen molar-refractivity contribution >= 4 is 15.1 Å². The van der Waals surface area contributed by atoms with Crippen LogP contribution in [-0.2, 0) is 4.43 Å². The summed E-state index contributed by atoms with van der Waals surface area (Å²) in [6, 6.07) is 4.05. The molecule has 2 nitrogen and oxygen atoms in total. The van der Waals surface area contributed by atoms with Crippen LogP contribution in [0.1, 0.15) is 51.4 Å². The van der Waals surface area contributed by atoms with Crippen molar-refractivity contribution in [3.8, 4) is 0 Å². The molecule has 0 aliphatic heterocycles. The first-order valence-corrected chi connectivity index (χ1v) is 8.86. The van der Waals surface area contributed by atoms with Gasteiger partial charge in [0.15, 0.2) is 0 Å². The molecule has 100 valence electrons. The van der Waals surface area contributed by atoms with Crippen LogP contribution < -0.4 is 5.38 Å². The van der Waals surface area contributed by atoms with Crippen LogP contribution >= 0.6 is 0 Å². The highest BCUT2D eigenvalue weighted by Crippen LogP contribution is 2.38. The van der Waals surface area contributed by atoms with Gasteiger partial charge in [-0.15, -0.1) is 0 Å². The molecule has 0 N–H and O–H groups in total. The van der Waals surface area contributed by atoms with Crippen LogP contribution in [0.5, 0.6) is 0 Å². The van der Waals surface area contributed by atoms with Crippen molar-refractivity contribution in [3.05, 3.63) is 18.4 Å². The molecule has 0 unspecified atom stereocenters. The molecule has 2 aliphatic carbocycles. The molecule has 3 heteroatoms. The highest BCUT2D eigenvalue weighted by molar-refractivity contribution is 6.45. The Labute approximate surface area is 112 Å². The van der Waals surface area contributed by atoms with Gasteiger partial charge in [0.05, 0.1) is 12.4 Å². The molecule has 18 heavy (non-hydrogen) atoms. The minimum atomic E-state index is -0.651. The molecule has 2 saturated carbocycles. The van der Waals surface area contributed by atoms with Crippen molar-refractivity contribution in [2.45, 2.75) is 57.5 Å². The number of furan rings is 1. The third-order valence-electron chi connectivity index (χ3n) is 4.73. The molecular formula is C15H24O2Si. The van der Waals surface area contributed by atoms with E-state index in [0.29, 0.717) is 6.10 Å². The van der Waals surface area contributed by atoms with Crippen LogP contribution in [0.15, 0.2) is 22.8 Å². The molecular weight excluding hydrogens is 240 g/mol. The lowest BCUT2D eigenvalue weighted by molar-refractivity contribution is 0.0844. The second-order valence-corrected chi connectivity index (χ2v) is 7.26. The van der Waals surface area contributed by atoms with E-state index in [2.05, 4.69) is 6.07 Å². The van der Waals surface area contributed by atoms with E-state index in [-0.39, 0.29) is 0 Å². The zero-order chi connectivity index (χ0) is 12.2. The molecule has 0 radical (unpaired) electrons. The molecule has 2 aliphatic rings. The lowest BCUT2D eigenvalue weighted by atomic mass is 9.89. The molecule has 0 amide bonds. The Balaban J connectivity index is 1.60. The van der Waals surface area contributed by atoms with Gasteiger partial charge < -0.3 is 8.84 Å². The maximum atomic E-state index is 6.40. The third-order valence-corrected chi connectivity index (χ3v) is 5.97. The Bertz CT molecular complexity index is 321. The minimum absolute atomic E-state index is 0.548. The monoisotopic (exact) mass is 264 g/mol. The molecule has 0 aromatic carbocycles. The average Bonchev–Trinajstić information content (AvgIpc) is 3.14. The van der Waals surface area contributed by atoms with E-state index in [1.54, 1.807) is 6.26 Å². The fourth-order valence-electron chi connectivity index (χ4n) is 3.80. The van der Waals surface area contributed by atoms with Gasteiger partial charge in [0.1, 0.15) is 5.38 Å². The quantitative estimate of drug-likeness (QED) is 0.763. The van der Waals surface area contributed by atoms with Crippen molar-refractivity contribution in [3.63, 3.8) is 0 Å². The molecule has 1 aromatic rings. The molecule has 1 heterocycles. The maximum Gasteiger partial charge on any atom is 0.234 e. The summed E-state index contributed by atoms with van der Waals surface area (Å²) in [5.41, 5.74) is 0. The number of rotatable bonds is 5. The van der Waals surface area contributed by atoms with Gasteiger partial charge in [-0.05, 0) is 49.7 Å². The summed E-state index contributed by atoms with van der Waals surface area (Å²) in [6.45, 7) is 0. The fraction of sp³-hybridized carbons (Fsp3) is 0.733. The molecule has 0 spiro atoms. The lowest BCUT2D eigenvalue weighted by Gasteiger charge is -2.29. The summed E-state index contributed by atoms with van der Waals surface area (Å²) in [4.78, 5) is 0. The van der Waals surface area contributed by atoms with Crippen LogP contribution in [0.3, 0.4) is 0 Å². The van der Waals surface area contributed by atoms with Crippen LogP contribution in [0.2, 0.25) is 0 Å². The summed E-state index contributed by atoms with van der Waals surface area (Å²) in [6.07, 6.45) is 13.6. The van der Waals surface area contributed by atoms with Gasteiger partial charge >= 0.3 is 0 Å². The lowest BCUT2D eigenvalue weighted by Crippen LogP contribution is -2.33. The van der Waals surface area contributed by atoms with Crippen molar-refractivity contribution in [1.82, 2.24) is 0 Å². The van der Waals surface area contributed by atoms with Crippen molar-refractivity contribution in [2.75, 3.05) is 0 Å². The van der Waals surface area contributed by atoms with E-state index in [1.165, 1.54) is 51.4 Å². The normalized spacial score (nSPS) is 22.9. The molecule has 0 atom stereocenters. The highest BCUT2D eigenvalue weighted by Gasteiger charge is 2.33. The largest absolute Gasteiger partial charge is 0.472 e. The summed E-state index contributed by atoms with van der Waals surface area (Å²) in [5, 5.41) is 1.11. The summed E-state index contributed by atoms with van der Waals surface area (Å²) in [7, 11) is -0.651. The number of hydrogen-bond acceptors (Lipinski definition) is 2. The van der Waals surface area contributed by atoms with Crippen molar-refractivity contribution in [2.24, 2.45) is 11.8 Å². The second kappa shape index (κ2) is 6.07. The zero-order valence-electron chi connectivity index (χ0n) is 11.1. The van der Waals surface area contributed by atoms with Gasteiger partial charge in [-0.3, -0.25) is 0 Å². The van der Waals surface area contributed by atoms with Crippen LogP contribution in [0.25, 0.3) is 0 Å². The topological polar surface area (TPSA) is 22.4 Å².